The van der Waals surface area contributed by atoms with Crippen molar-refractivity contribution in [2.45, 2.75) is 38.1 Å². The summed E-state index contributed by atoms with van der Waals surface area (Å²) in [5.41, 5.74) is 0.187. The fraction of sp³-hybridized carbons (Fsp3) is 0.818. The molecule has 1 saturated heterocycles. The van der Waals surface area contributed by atoms with Crippen LogP contribution in [0, 0.1) is 12.3 Å². The maximum Gasteiger partial charge on any atom is 0.0645 e. The molecule has 1 atom stereocenters. The van der Waals surface area contributed by atoms with Gasteiger partial charge in [0.05, 0.1) is 6.61 Å². The van der Waals surface area contributed by atoms with Crippen LogP contribution in [0.1, 0.15) is 32.6 Å². The highest BCUT2D eigenvalue weighted by Gasteiger charge is 2.26. The summed E-state index contributed by atoms with van der Waals surface area (Å²) in [6.07, 6.45) is 9.48. The Morgan fingerprint density at radius 2 is 2.46 bits per heavy atom. The zero-order chi connectivity index (χ0) is 9.57. The quantitative estimate of drug-likeness (QED) is 0.525. The van der Waals surface area contributed by atoms with Gasteiger partial charge in [-0.3, -0.25) is 0 Å². The molecule has 1 heterocycles. The molecule has 1 aliphatic rings. The van der Waals surface area contributed by atoms with E-state index in [1.54, 1.807) is 0 Å². The third kappa shape index (κ3) is 3.80. The Bertz CT molecular complexity index is 177. The van der Waals surface area contributed by atoms with Crippen molar-refractivity contribution in [1.82, 2.24) is 5.32 Å². The van der Waals surface area contributed by atoms with Crippen LogP contribution in [0.15, 0.2) is 0 Å². The number of terminal acetylenes is 1. The van der Waals surface area contributed by atoms with Gasteiger partial charge in [-0.2, -0.15) is 0 Å². The largest absolute Gasteiger partial charge is 0.380 e. The standard InChI is InChI=1S/C11H19NO/c1-3-4-5-8-12-11(2)7-6-9-13-10-11/h1,12H,4-10H2,2H3. The first-order chi connectivity index (χ1) is 6.27. The van der Waals surface area contributed by atoms with E-state index in [1.807, 2.05) is 0 Å². The SMILES string of the molecule is C#CCCCNC1(C)CCCOC1. The number of hydrogen-bond acceptors (Lipinski definition) is 2. The van der Waals surface area contributed by atoms with E-state index >= 15 is 0 Å². The molecule has 0 aromatic heterocycles. The highest BCUT2D eigenvalue weighted by Crippen LogP contribution is 2.17. The molecule has 74 valence electrons. The molecular weight excluding hydrogens is 162 g/mol. The van der Waals surface area contributed by atoms with Gasteiger partial charge in [0.1, 0.15) is 0 Å². The van der Waals surface area contributed by atoms with Gasteiger partial charge in [-0.25, -0.2) is 0 Å². The van der Waals surface area contributed by atoms with Crippen molar-refractivity contribution in [3.8, 4) is 12.3 Å². The summed E-state index contributed by atoms with van der Waals surface area (Å²) in [6, 6.07) is 0. The van der Waals surface area contributed by atoms with Gasteiger partial charge < -0.3 is 10.1 Å². The summed E-state index contributed by atoms with van der Waals surface area (Å²) in [4.78, 5) is 0. The molecule has 2 nitrogen and oxygen atoms in total. The molecule has 0 amide bonds. The first-order valence-corrected chi connectivity index (χ1v) is 5.03. The van der Waals surface area contributed by atoms with E-state index in [4.69, 9.17) is 11.2 Å². The Morgan fingerprint density at radius 1 is 1.62 bits per heavy atom. The van der Waals surface area contributed by atoms with Gasteiger partial charge in [0.15, 0.2) is 0 Å². The van der Waals surface area contributed by atoms with Crippen LogP contribution in [-0.2, 0) is 4.74 Å². The molecule has 1 aliphatic heterocycles. The van der Waals surface area contributed by atoms with E-state index in [2.05, 4.69) is 18.2 Å². The third-order valence-electron chi connectivity index (χ3n) is 2.49. The van der Waals surface area contributed by atoms with E-state index < -0.39 is 0 Å². The van der Waals surface area contributed by atoms with Crippen LogP contribution in [0.3, 0.4) is 0 Å². The maximum atomic E-state index is 5.44. The number of unbranched alkanes of at least 4 members (excludes halogenated alkanes) is 1. The van der Waals surface area contributed by atoms with Crippen LogP contribution in [0.5, 0.6) is 0 Å². The molecule has 0 saturated carbocycles. The lowest BCUT2D eigenvalue weighted by molar-refractivity contribution is 0.0287. The molecule has 2 heteroatoms. The Balaban J connectivity index is 2.14. The lowest BCUT2D eigenvalue weighted by Gasteiger charge is -2.34. The molecule has 13 heavy (non-hydrogen) atoms. The normalized spacial score (nSPS) is 28.3. The highest BCUT2D eigenvalue weighted by molar-refractivity contribution is 4.87. The van der Waals surface area contributed by atoms with Gasteiger partial charge in [-0.1, -0.05) is 0 Å². The van der Waals surface area contributed by atoms with Gasteiger partial charge in [0.25, 0.3) is 0 Å². The predicted molar refractivity (Wildman–Crippen MR) is 54.5 cm³/mol. The Morgan fingerprint density at radius 3 is 3.08 bits per heavy atom. The fourth-order valence-electron chi connectivity index (χ4n) is 1.65. The molecule has 0 radical (unpaired) electrons. The Hall–Kier alpha value is -0.520. The van der Waals surface area contributed by atoms with E-state index in [1.165, 1.54) is 12.8 Å². The molecular formula is C11H19NO. The second-order valence-electron chi connectivity index (χ2n) is 3.95. The van der Waals surface area contributed by atoms with Crippen molar-refractivity contribution < 1.29 is 4.74 Å². The van der Waals surface area contributed by atoms with Crippen molar-refractivity contribution in [1.29, 1.82) is 0 Å². The topological polar surface area (TPSA) is 21.3 Å². The summed E-state index contributed by atoms with van der Waals surface area (Å²) in [5, 5.41) is 3.51. The van der Waals surface area contributed by atoms with E-state index in [9.17, 15) is 0 Å². The molecule has 1 rings (SSSR count). The summed E-state index contributed by atoms with van der Waals surface area (Å²) >= 11 is 0. The summed E-state index contributed by atoms with van der Waals surface area (Å²) in [5.74, 6) is 2.65. The number of nitrogens with one attached hydrogen (secondary N) is 1. The third-order valence-corrected chi connectivity index (χ3v) is 2.49. The van der Waals surface area contributed by atoms with Crippen molar-refractivity contribution in [2.75, 3.05) is 19.8 Å². The zero-order valence-corrected chi connectivity index (χ0v) is 8.44. The van der Waals surface area contributed by atoms with E-state index in [-0.39, 0.29) is 5.54 Å². The Labute approximate surface area is 81.0 Å². The maximum absolute atomic E-state index is 5.44. The van der Waals surface area contributed by atoms with Crippen LogP contribution in [0.25, 0.3) is 0 Å². The zero-order valence-electron chi connectivity index (χ0n) is 8.44. The minimum atomic E-state index is 0.187. The van der Waals surface area contributed by atoms with Crippen molar-refractivity contribution in [3.05, 3.63) is 0 Å². The molecule has 0 aromatic rings. The Kier molecular flexibility index (Phi) is 4.27. The van der Waals surface area contributed by atoms with Crippen LogP contribution in [-0.4, -0.2) is 25.3 Å². The second-order valence-corrected chi connectivity index (χ2v) is 3.95. The molecule has 1 unspecified atom stereocenters. The van der Waals surface area contributed by atoms with Gasteiger partial charge in [-0.05, 0) is 32.7 Å². The number of ether oxygens (including phenoxy) is 1. The summed E-state index contributed by atoms with van der Waals surface area (Å²) < 4.78 is 5.44. The summed E-state index contributed by atoms with van der Waals surface area (Å²) in [7, 11) is 0. The summed E-state index contributed by atoms with van der Waals surface area (Å²) in [6.45, 7) is 4.98. The molecule has 0 spiro atoms. The first kappa shape index (κ1) is 10.6. The van der Waals surface area contributed by atoms with Gasteiger partial charge in [0.2, 0.25) is 0 Å². The molecule has 0 aliphatic carbocycles. The molecule has 0 bridgehead atoms. The fourth-order valence-corrected chi connectivity index (χ4v) is 1.65. The average molecular weight is 181 g/mol. The minimum Gasteiger partial charge on any atom is -0.380 e. The monoisotopic (exact) mass is 181 g/mol. The van der Waals surface area contributed by atoms with Crippen LogP contribution >= 0.6 is 0 Å². The molecule has 1 N–H and O–H groups in total. The first-order valence-electron chi connectivity index (χ1n) is 5.03. The van der Waals surface area contributed by atoms with Crippen molar-refractivity contribution in [2.24, 2.45) is 0 Å². The second kappa shape index (κ2) is 5.26. The number of hydrogen-bond donors (Lipinski definition) is 1. The van der Waals surface area contributed by atoms with Gasteiger partial charge in [-0.15, -0.1) is 12.3 Å². The van der Waals surface area contributed by atoms with E-state index in [0.29, 0.717) is 0 Å². The predicted octanol–water partition coefficient (Wildman–Crippen LogP) is 1.56. The van der Waals surface area contributed by atoms with Gasteiger partial charge >= 0.3 is 0 Å². The van der Waals surface area contributed by atoms with Crippen LogP contribution in [0.2, 0.25) is 0 Å². The van der Waals surface area contributed by atoms with Crippen molar-refractivity contribution >= 4 is 0 Å². The van der Waals surface area contributed by atoms with Crippen LogP contribution < -0.4 is 5.32 Å². The van der Waals surface area contributed by atoms with Crippen molar-refractivity contribution in [3.63, 3.8) is 0 Å². The van der Waals surface area contributed by atoms with Crippen LogP contribution in [0.4, 0.5) is 0 Å². The lowest BCUT2D eigenvalue weighted by Crippen LogP contribution is -2.49. The van der Waals surface area contributed by atoms with E-state index in [0.717, 1.165) is 32.6 Å². The minimum absolute atomic E-state index is 0.187. The van der Waals surface area contributed by atoms with Gasteiger partial charge in [0, 0.05) is 18.6 Å². The highest BCUT2D eigenvalue weighted by atomic mass is 16.5. The lowest BCUT2D eigenvalue weighted by atomic mass is 9.95. The number of rotatable bonds is 4. The smallest absolute Gasteiger partial charge is 0.0645 e. The average Bonchev–Trinajstić information content (AvgIpc) is 2.14. The molecule has 1 fully saturated rings. The molecule has 0 aromatic carbocycles.